The molecule has 11 nitrogen and oxygen atoms in total. The molecular weight excluding hydrogens is 522 g/mol. The maximum absolute atomic E-state index is 13.3. The normalized spacial score (nSPS) is 13.8. The number of thioether (sulfide) groups is 1. The molecule has 210 valence electrons. The number of nitrogens with two attached hydrogens (primary N) is 2. The minimum Gasteiger partial charge on any atom is -0.480 e. The highest BCUT2D eigenvalue weighted by molar-refractivity contribution is 7.98. The van der Waals surface area contributed by atoms with Gasteiger partial charge in [0.25, 0.3) is 0 Å². The quantitative estimate of drug-likeness (QED) is 0.165. The van der Waals surface area contributed by atoms with Gasteiger partial charge in [0.05, 0.1) is 12.5 Å². The molecule has 0 aromatic heterocycles. The maximum Gasteiger partial charge on any atom is 0.326 e. The first kappa shape index (κ1) is 31.3. The fraction of sp³-hybridized carbons (Fsp3) is 0.370. The summed E-state index contributed by atoms with van der Waals surface area (Å²) in [6, 6.07) is 13.4. The summed E-state index contributed by atoms with van der Waals surface area (Å²) in [6.07, 6.45) is 1.83. The summed E-state index contributed by atoms with van der Waals surface area (Å²) in [5, 5.41) is 17.0. The Bertz CT molecular complexity index is 1120. The van der Waals surface area contributed by atoms with Crippen LogP contribution in [-0.4, -0.2) is 70.9 Å². The molecule has 0 aliphatic carbocycles. The highest BCUT2D eigenvalue weighted by atomic mass is 32.2. The topological polar surface area (TPSA) is 194 Å². The smallest absolute Gasteiger partial charge is 0.326 e. The lowest BCUT2D eigenvalue weighted by Crippen LogP contribution is -2.58. The molecule has 4 amide bonds. The Labute approximate surface area is 231 Å². The third-order valence-corrected chi connectivity index (χ3v) is 6.46. The number of rotatable bonds is 16. The summed E-state index contributed by atoms with van der Waals surface area (Å²) in [6.45, 7) is 0. The van der Waals surface area contributed by atoms with Crippen LogP contribution in [0.4, 0.5) is 0 Å². The second-order valence-electron chi connectivity index (χ2n) is 8.96. The molecule has 39 heavy (non-hydrogen) atoms. The van der Waals surface area contributed by atoms with E-state index in [1.165, 1.54) is 11.8 Å². The van der Waals surface area contributed by atoms with Crippen LogP contribution in [0.1, 0.15) is 24.0 Å². The molecule has 12 heteroatoms. The lowest BCUT2D eigenvalue weighted by Gasteiger charge is -2.25. The van der Waals surface area contributed by atoms with Crippen molar-refractivity contribution in [2.24, 2.45) is 11.5 Å². The average molecular weight is 558 g/mol. The zero-order chi connectivity index (χ0) is 28.8. The van der Waals surface area contributed by atoms with Crippen LogP contribution in [0.15, 0.2) is 60.7 Å². The van der Waals surface area contributed by atoms with Crippen molar-refractivity contribution >= 4 is 41.4 Å². The first-order valence-electron chi connectivity index (χ1n) is 12.3. The molecule has 4 unspecified atom stereocenters. The monoisotopic (exact) mass is 557 g/mol. The van der Waals surface area contributed by atoms with Gasteiger partial charge in [-0.1, -0.05) is 60.7 Å². The molecule has 2 rings (SSSR count). The van der Waals surface area contributed by atoms with Crippen LogP contribution in [0, 0.1) is 0 Å². The molecule has 0 saturated carbocycles. The van der Waals surface area contributed by atoms with Gasteiger partial charge in [-0.2, -0.15) is 11.8 Å². The molecule has 0 spiro atoms. The Morgan fingerprint density at radius 3 is 1.77 bits per heavy atom. The zero-order valence-electron chi connectivity index (χ0n) is 21.7. The van der Waals surface area contributed by atoms with E-state index in [9.17, 15) is 29.1 Å². The molecule has 8 N–H and O–H groups in total. The van der Waals surface area contributed by atoms with E-state index < -0.39 is 60.2 Å². The minimum atomic E-state index is -1.56. The van der Waals surface area contributed by atoms with Crippen LogP contribution < -0.4 is 27.4 Å². The van der Waals surface area contributed by atoms with Crippen molar-refractivity contribution in [2.75, 3.05) is 12.0 Å². The van der Waals surface area contributed by atoms with Gasteiger partial charge < -0.3 is 32.5 Å². The standard InChI is InChI=1S/C27H35N5O6S/c1-39-13-12-20(30-24(34)19(28)14-17-8-4-2-5-9-17)25(35)31-21(15-18-10-6-3-7-11-18)26(36)32-22(27(37)38)16-23(29)33/h2-11,19-22H,12-16,28H2,1H3,(H2,29,33)(H,30,34)(H,31,35)(H,32,36)(H,37,38). The van der Waals surface area contributed by atoms with E-state index in [-0.39, 0.29) is 19.3 Å². The van der Waals surface area contributed by atoms with E-state index in [0.29, 0.717) is 11.3 Å². The third-order valence-electron chi connectivity index (χ3n) is 5.81. The second kappa shape index (κ2) is 16.1. The van der Waals surface area contributed by atoms with Crippen LogP contribution >= 0.6 is 11.8 Å². The van der Waals surface area contributed by atoms with Gasteiger partial charge in [-0.15, -0.1) is 0 Å². The van der Waals surface area contributed by atoms with Crippen molar-refractivity contribution in [3.63, 3.8) is 0 Å². The number of carboxylic acid groups (broad SMARTS) is 1. The van der Waals surface area contributed by atoms with Gasteiger partial charge >= 0.3 is 5.97 Å². The second-order valence-corrected chi connectivity index (χ2v) is 9.95. The van der Waals surface area contributed by atoms with E-state index >= 15 is 0 Å². The number of carbonyl (C=O) groups is 5. The van der Waals surface area contributed by atoms with Gasteiger partial charge in [-0.05, 0) is 36.0 Å². The Hall–Kier alpha value is -3.90. The molecule has 0 radical (unpaired) electrons. The van der Waals surface area contributed by atoms with Gasteiger partial charge in [0.15, 0.2) is 0 Å². The SMILES string of the molecule is CSCCC(NC(=O)C(N)Cc1ccccc1)C(=O)NC(Cc1ccccc1)C(=O)NC(CC(N)=O)C(=O)O. The number of aliphatic carboxylic acids is 1. The van der Waals surface area contributed by atoms with E-state index in [1.54, 1.807) is 30.3 Å². The van der Waals surface area contributed by atoms with Crippen molar-refractivity contribution < 1.29 is 29.1 Å². The summed E-state index contributed by atoms with van der Waals surface area (Å²) in [5.74, 6) is -3.75. The van der Waals surface area contributed by atoms with E-state index in [0.717, 1.165) is 5.56 Å². The van der Waals surface area contributed by atoms with Crippen molar-refractivity contribution in [2.45, 2.75) is 49.9 Å². The highest BCUT2D eigenvalue weighted by Gasteiger charge is 2.31. The van der Waals surface area contributed by atoms with Gasteiger partial charge in [0.1, 0.15) is 18.1 Å². The molecule has 0 bridgehead atoms. The van der Waals surface area contributed by atoms with Crippen molar-refractivity contribution in [1.29, 1.82) is 0 Å². The van der Waals surface area contributed by atoms with Crippen LogP contribution in [-0.2, 0) is 36.8 Å². The molecule has 0 heterocycles. The third kappa shape index (κ3) is 11.2. The van der Waals surface area contributed by atoms with E-state index in [4.69, 9.17) is 11.5 Å². The summed E-state index contributed by atoms with van der Waals surface area (Å²) in [7, 11) is 0. The Morgan fingerprint density at radius 2 is 1.26 bits per heavy atom. The molecule has 4 atom stereocenters. The molecule has 0 fully saturated rings. The fourth-order valence-electron chi connectivity index (χ4n) is 3.75. The first-order valence-corrected chi connectivity index (χ1v) is 13.7. The Morgan fingerprint density at radius 1 is 0.769 bits per heavy atom. The summed E-state index contributed by atoms with van der Waals surface area (Å²) >= 11 is 1.48. The molecule has 2 aromatic carbocycles. The molecule has 0 saturated heterocycles. The molecular formula is C27H35N5O6S. The number of carboxylic acids is 1. The largest absolute Gasteiger partial charge is 0.480 e. The summed E-state index contributed by atoms with van der Waals surface area (Å²) < 4.78 is 0. The zero-order valence-corrected chi connectivity index (χ0v) is 22.5. The van der Waals surface area contributed by atoms with E-state index in [2.05, 4.69) is 16.0 Å². The number of primary amides is 1. The number of hydrogen-bond acceptors (Lipinski definition) is 7. The first-order chi connectivity index (χ1) is 18.6. The van der Waals surface area contributed by atoms with Gasteiger partial charge in [-0.3, -0.25) is 19.2 Å². The summed E-state index contributed by atoms with van der Waals surface area (Å²) in [4.78, 5) is 62.1. The minimum absolute atomic E-state index is 0.0397. The van der Waals surface area contributed by atoms with Crippen molar-refractivity contribution in [3.8, 4) is 0 Å². The Kier molecular flexibility index (Phi) is 13.0. The number of benzene rings is 2. The van der Waals surface area contributed by atoms with Gasteiger partial charge in [0.2, 0.25) is 23.6 Å². The molecule has 0 aliphatic rings. The maximum atomic E-state index is 13.3. The Balaban J connectivity index is 2.19. The van der Waals surface area contributed by atoms with Gasteiger partial charge in [-0.25, -0.2) is 4.79 Å². The number of hydrogen-bond donors (Lipinski definition) is 6. The molecule has 2 aromatic rings. The van der Waals surface area contributed by atoms with E-state index in [1.807, 2.05) is 36.6 Å². The fourth-order valence-corrected chi connectivity index (χ4v) is 4.22. The van der Waals surface area contributed by atoms with Crippen LogP contribution in [0.25, 0.3) is 0 Å². The average Bonchev–Trinajstić information content (AvgIpc) is 2.90. The number of nitrogens with one attached hydrogen (secondary N) is 3. The summed E-state index contributed by atoms with van der Waals surface area (Å²) in [5.41, 5.74) is 12.8. The number of carbonyl (C=O) groups excluding carboxylic acids is 4. The van der Waals surface area contributed by atoms with Crippen molar-refractivity contribution in [1.82, 2.24) is 16.0 Å². The van der Waals surface area contributed by atoms with Crippen LogP contribution in [0.3, 0.4) is 0 Å². The number of amides is 4. The predicted molar refractivity (Wildman–Crippen MR) is 149 cm³/mol. The van der Waals surface area contributed by atoms with Gasteiger partial charge in [0, 0.05) is 6.42 Å². The van der Waals surface area contributed by atoms with Crippen molar-refractivity contribution in [3.05, 3.63) is 71.8 Å². The van der Waals surface area contributed by atoms with Crippen LogP contribution in [0.2, 0.25) is 0 Å². The highest BCUT2D eigenvalue weighted by Crippen LogP contribution is 2.08. The predicted octanol–water partition coefficient (Wildman–Crippen LogP) is -0.0334. The lowest BCUT2D eigenvalue weighted by atomic mass is 10.0. The lowest BCUT2D eigenvalue weighted by molar-refractivity contribution is -0.143. The van der Waals surface area contributed by atoms with Crippen LogP contribution in [0.5, 0.6) is 0 Å². The molecule has 0 aliphatic heterocycles.